The van der Waals surface area contributed by atoms with Crippen LogP contribution in [0.5, 0.6) is 5.75 Å². The fourth-order valence-corrected chi connectivity index (χ4v) is 4.56. The molecule has 17 heteroatoms. The van der Waals surface area contributed by atoms with Crippen LogP contribution >= 0.6 is 0 Å². The largest absolute Gasteiger partial charge is 1.00 e. The molecule has 0 aromatic heterocycles. The van der Waals surface area contributed by atoms with Gasteiger partial charge in [0.2, 0.25) is 0 Å². The zero-order valence-electron chi connectivity index (χ0n) is 18.1. The normalized spacial score (nSPS) is 12.5. The molecule has 0 atom stereocenters. The van der Waals surface area contributed by atoms with Crippen LogP contribution in [0.15, 0.2) is 68.6 Å². The molecule has 0 aliphatic carbocycles. The van der Waals surface area contributed by atoms with Crippen molar-refractivity contribution in [3.05, 3.63) is 48.5 Å². The number of hydrogen-bond acceptors (Lipinski definition) is 11. The summed E-state index contributed by atoms with van der Waals surface area (Å²) in [5.74, 6) is -0.679. The van der Waals surface area contributed by atoms with Crippen LogP contribution in [0.4, 0.5) is 17.1 Å². The molecule has 0 saturated carbocycles. The van der Waals surface area contributed by atoms with Crippen molar-refractivity contribution in [3.63, 3.8) is 0 Å². The van der Waals surface area contributed by atoms with Crippen LogP contribution in [0.2, 0.25) is 0 Å². The molecule has 3 aromatic carbocycles. The van der Waals surface area contributed by atoms with E-state index in [1.165, 1.54) is 43.5 Å². The Kier molecular flexibility index (Phi) is 9.02. The van der Waals surface area contributed by atoms with Gasteiger partial charge in [0.05, 0.1) is 29.1 Å². The molecular weight excluding hydrogens is 537 g/mol. The van der Waals surface area contributed by atoms with Gasteiger partial charge in [-0.15, -0.1) is 0 Å². The second kappa shape index (κ2) is 10.9. The van der Waals surface area contributed by atoms with E-state index in [1.54, 1.807) is 0 Å². The van der Waals surface area contributed by atoms with Crippen molar-refractivity contribution in [1.82, 2.24) is 0 Å². The Morgan fingerprint density at radius 1 is 0.886 bits per heavy atom. The first-order valence-corrected chi connectivity index (χ1v) is 13.4. The number of azo groups is 1. The SMILES string of the molecule is COc1cc(N=Nc2ccc3cc(S(=O)(=O)O)cc(S(=O)(=O)O)c3c2)ccc1NCS(=O)(=O)[O-].[Na+]. The van der Waals surface area contributed by atoms with Crippen molar-refractivity contribution in [2.75, 3.05) is 18.3 Å². The fourth-order valence-electron chi connectivity index (χ4n) is 2.88. The predicted octanol–water partition coefficient (Wildman–Crippen LogP) is -0.324. The molecule has 0 fully saturated rings. The Balaban J connectivity index is 0.00000432. The molecule has 0 spiro atoms. The summed E-state index contributed by atoms with van der Waals surface area (Å²) < 4.78 is 103. The minimum absolute atomic E-state index is 0. The number of methoxy groups -OCH3 is 1. The summed E-state index contributed by atoms with van der Waals surface area (Å²) in [6.45, 7) is 0. The van der Waals surface area contributed by atoms with Crippen molar-refractivity contribution in [3.8, 4) is 5.75 Å². The van der Waals surface area contributed by atoms with Gasteiger partial charge >= 0.3 is 29.6 Å². The minimum atomic E-state index is -4.86. The molecule has 0 saturated heterocycles. The van der Waals surface area contributed by atoms with Crippen molar-refractivity contribution in [1.29, 1.82) is 0 Å². The molecule has 13 nitrogen and oxygen atoms in total. The van der Waals surface area contributed by atoms with Gasteiger partial charge in [0.25, 0.3) is 20.2 Å². The third-order valence-electron chi connectivity index (χ3n) is 4.35. The van der Waals surface area contributed by atoms with Gasteiger partial charge in [-0.05, 0) is 41.8 Å². The number of rotatable bonds is 8. The average Bonchev–Trinajstić information content (AvgIpc) is 2.73. The van der Waals surface area contributed by atoms with Crippen LogP contribution in [0.1, 0.15) is 0 Å². The molecule has 35 heavy (non-hydrogen) atoms. The second-order valence-corrected chi connectivity index (χ2v) is 11.0. The summed E-state index contributed by atoms with van der Waals surface area (Å²) in [5.41, 5.74) is 0.610. The van der Waals surface area contributed by atoms with E-state index in [2.05, 4.69) is 15.5 Å². The van der Waals surface area contributed by atoms with Gasteiger partial charge in [-0.1, -0.05) is 6.07 Å². The van der Waals surface area contributed by atoms with E-state index in [9.17, 15) is 38.9 Å². The summed E-state index contributed by atoms with van der Waals surface area (Å²) in [4.78, 5) is -1.47. The van der Waals surface area contributed by atoms with Gasteiger partial charge in [-0.3, -0.25) is 9.11 Å². The monoisotopic (exact) mass is 553 g/mol. The minimum Gasteiger partial charge on any atom is -0.747 e. The Morgan fingerprint density at radius 2 is 1.49 bits per heavy atom. The summed E-state index contributed by atoms with van der Waals surface area (Å²) in [6.07, 6.45) is 0. The van der Waals surface area contributed by atoms with E-state index in [0.717, 1.165) is 6.07 Å². The number of nitrogens with one attached hydrogen (secondary N) is 1. The Hall–Kier alpha value is -2.15. The maximum absolute atomic E-state index is 11.8. The van der Waals surface area contributed by atoms with E-state index < -0.39 is 46.0 Å². The van der Waals surface area contributed by atoms with E-state index in [4.69, 9.17) is 4.74 Å². The summed E-state index contributed by atoms with van der Waals surface area (Å²) >= 11 is 0. The fraction of sp³-hybridized carbons (Fsp3) is 0.111. The number of ether oxygens (including phenoxy) is 1. The molecule has 3 rings (SSSR count). The summed E-state index contributed by atoms with van der Waals surface area (Å²) in [7, 11) is -12.8. The first-order valence-electron chi connectivity index (χ1n) is 8.97. The number of anilines is 1. The predicted molar refractivity (Wildman–Crippen MR) is 119 cm³/mol. The smallest absolute Gasteiger partial charge is 0.747 e. The summed E-state index contributed by atoms with van der Waals surface area (Å²) in [6, 6.07) is 9.84. The van der Waals surface area contributed by atoms with Crippen LogP contribution < -0.4 is 39.6 Å². The van der Waals surface area contributed by atoms with E-state index in [0.29, 0.717) is 6.07 Å². The molecule has 3 N–H and O–H groups in total. The third-order valence-corrected chi connectivity index (χ3v) is 6.58. The molecule has 3 aromatic rings. The van der Waals surface area contributed by atoms with Crippen LogP contribution in [-0.4, -0.2) is 51.9 Å². The van der Waals surface area contributed by atoms with Crippen molar-refractivity contribution >= 4 is 58.2 Å². The van der Waals surface area contributed by atoms with Crippen LogP contribution in [0.3, 0.4) is 0 Å². The van der Waals surface area contributed by atoms with E-state index in [1.807, 2.05) is 0 Å². The van der Waals surface area contributed by atoms with Gasteiger partial charge in [-0.2, -0.15) is 27.1 Å². The molecular formula is C18H16N3NaO10S3. The van der Waals surface area contributed by atoms with Gasteiger partial charge in [0, 0.05) is 11.5 Å². The van der Waals surface area contributed by atoms with Crippen molar-refractivity contribution in [2.24, 2.45) is 10.2 Å². The first-order chi connectivity index (χ1) is 15.7. The van der Waals surface area contributed by atoms with Crippen molar-refractivity contribution < 1.29 is 73.2 Å². The average molecular weight is 554 g/mol. The first kappa shape index (κ1) is 29.1. The Morgan fingerprint density at radius 3 is 2.03 bits per heavy atom. The van der Waals surface area contributed by atoms with Crippen LogP contribution in [-0.2, 0) is 30.4 Å². The quantitative estimate of drug-likeness (QED) is 0.187. The maximum Gasteiger partial charge on any atom is 1.00 e. The van der Waals surface area contributed by atoms with Gasteiger partial charge in [-0.25, -0.2) is 8.42 Å². The van der Waals surface area contributed by atoms with Crippen molar-refractivity contribution in [2.45, 2.75) is 9.79 Å². The number of fused-ring (bicyclic) bond motifs is 1. The molecule has 0 unspecified atom stereocenters. The van der Waals surface area contributed by atoms with Gasteiger partial charge in [0.15, 0.2) is 0 Å². The Bertz CT molecular complexity index is 1620. The number of benzene rings is 3. The van der Waals surface area contributed by atoms with E-state index in [-0.39, 0.29) is 63.1 Å². The number of nitrogens with zero attached hydrogens (tertiary/aromatic N) is 2. The maximum atomic E-state index is 11.8. The van der Waals surface area contributed by atoms with E-state index >= 15 is 0 Å². The summed E-state index contributed by atoms with van der Waals surface area (Å²) in [5, 5.41) is 10.4. The zero-order valence-corrected chi connectivity index (χ0v) is 22.6. The molecule has 0 heterocycles. The zero-order chi connectivity index (χ0) is 25.3. The molecule has 182 valence electrons. The molecule has 0 bridgehead atoms. The molecule has 0 radical (unpaired) electrons. The molecule has 0 amide bonds. The molecule has 0 aliphatic rings. The standard InChI is InChI=1S/C18H17N3O10S3.Na/c1-31-17-8-13(4-5-16(17)19-10-32(22,23)24)21-20-12-3-2-11-6-14(33(25,26)27)9-18(15(11)7-12)34(28,29)30;/h2-9,19H,10H2,1H3,(H,22,23,24)(H,25,26,27)(H,28,29,30);/q;+1/p-1. The van der Waals surface area contributed by atoms with Crippen LogP contribution in [0.25, 0.3) is 10.8 Å². The number of hydrogen-bond donors (Lipinski definition) is 3. The van der Waals surface area contributed by atoms with Gasteiger partial charge in [0.1, 0.15) is 26.6 Å². The second-order valence-electron chi connectivity index (χ2n) is 6.74. The topological polar surface area (TPSA) is 212 Å². The van der Waals surface area contributed by atoms with Crippen LogP contribution in [0, 0.1) is 0 Å². The Labute approximate surface area is 222 Å². The van der Waals surface area contributed by atoms with Gasteiger partial charge < -0.3 is 14.6 Å². The molecule has 0 aliphatic heterocycles. The third kappa shape index (κ3) is 7.66.